The predicted octanol–water partition coefficient (Wildman–Crippen LogP) is 2.28. The van der Waals surface area contributed by atoms with Crippen LogP contribution in [0.2, 0.25) is 0 Å². The molecular weight excluding hydrogens is 192 g/mol. The molecule has 2 N–H and O–H groups in total. The second kappa shape index (κ2) is 6.62. The van der Waals surface area contributed by atoms with Crippen molar-refractivity contribution in [3.63, 3.8) is 0 Å². The summed E-state index contributed by atoms with van der Waals surface area (Å²) in [5.41, 5.74) is 2.58. The third kappa shape index (κ3) is 4.28. The first-order valence-electron chi connectivity index (χ1n) is 4.62. The molecule has 0 aromatic heterocycles. The fourth-order valence-corrected chi connectivity index (χ4v) is 0.992. The lowest BCUT2D eigenvalue weighted by atomic mass is 10.3. The van der Waals surface area contributed by atoms with E-state index in [1.165, 1.54) is 6.34 Å². The third-order valence-corrected chi connectivity index (χ3v) is 1.70. The highest BCUT2D eigenvalue weighted by atomic mass is 16.5. The fraction of sp³-hybridized carbons (Fsp3) is 0.182. The number of hydroxylamine groups is 1. The Bertz CT molecular complexity index is 320. The van der Waals surface area contributed by atoms with E-state index >= 15 is 0 Å². The van der Waals surface area contributed by atoms with Crippen LogP contribution in [-0.4, -0.2) is 18.2 Å². The van der Waals surface area contributed by atoms with Crippen molar-refractivity contribution in [3.05, 3.63) is 36.9 Å². The number of nitrogens with zero attached hydrogens (tertiary/aromatic N) is 1. The van der Waals surface area contributed by atoms with Gasteiger partial charge in [0.2, 0.25) is 0 Å². The minimum absolute atomic E-state index is 0.629. The molecule has 0 aliphatic carbocycles. The van der Waals surface area contributed by atoms with Crippen LogP contribution in [0.5, 0.6) is 5.75 Å². The first-order valence-corrected chi connectivity index (χ1v) is 4.62. The van der Waals surface area contributed by atoms with E-state index in [0.717, 1.165) is 17.9 Å². The molecule has 1 rings (SSSR count). The van der Waals surface area contributed by atoms with Crippen LogP contribution in [0.3, 0.4) is 0 Å². The normalized spacial score (nSPS) is 10.2. The average Bonchev–Trinajstić information content (AvgIpc) is 2.28. The van der Waals surface area contributed by atoms with E-state index in [1.54, 1.807) is 12.1 Å². The summed E-state index contributed by atoms with van der Waals surface area (Å²) in [7, 11) is 0. The molecule has 15 heavy (non-hydrogen) atoms. The second-order valence-corrected chi connectivity index (χ2v) is 2.81. The van der Waals surface area contributed by atoms with Crippen LogP contribution in [-0.2, 0) is 0 Å². The highest BCUT2D eigenvalue weighted by Crippen LogP contribution is 2.17. The number of benzene rings is 1. The number of nitrogens with one attached hydrogen (secondary N) is 1. The number of rotatable bonds is 6. The first-order chi connectivity index (χ1) is 7.36. The summed E-state index contributed by atoms with van der Waals surface area (Å²) >= 11 is 0. The van der Waals surface area contributed by atoms with E-state index < -0.39 is 0 Å². The molecule has 0 spiro atoms. The molecule has 0 saturated carbocycles. The summed E-state index contributed by atoms with van der Waals surface area (Å²) in [6.45, 7) is 4.24. The summed E-state index contributed by atoms with van der Waals surface area (Å²) in [4.78, 5) is 3.90. The lowest BCUT2D eigenvalue weighted by molar-refractivity contribution is 0.240. The topological polar surface area (TPSA) is 53.8 Å². The third-order valence-electron chi connectivity index (χ3n) is 1.70. The molecule has 0 aliphatic heterocycles. The fourth-order valence-electron chi connectivity index (χ4n) is 0.992. The molecule has 1 aromatic rings. The summed E-state index contributed by atoms with van der Waals surface area (Å²) in [5, 5.41) is 8.29. The summed E-state index contributed by atoms with van der Waals surface area (Å²) in [5.74, 6) is 0.799. The van der Waals surface area contributed by atoms with Gasteiger partial charge in [-0.2, -0.15) is 0 Å². The Morgan fingerprint density at radius 3 is 2.73 bits per heavy atom. The largest absolute Gasteiger partial charge is 0.493 e. The molecule has 0 aliphatic rings. The average molecular weight is 206 g/mol. The van der Waals surface area contributed by atoms with Crippen molar-refractivity contribution in [1.29, 1.82) is 0 Å². The Morgan fingerprint density at radius 2 is 2.13 bits per heavy atom. The number of hydrogen-bond acceptors (Lipinski definition) is 3. The molecule has 0 unspecified atom stereocenters. The van der Waals surface area contributed by atoms with E-state index in [1.807, 2.05) is 23.7 Å². The van der Waals surface area contributed by atoms with Crippen molar-refractivity contribution in [1.82, 2.24) is 5.48 Å². The van der Waals surface area contributed by atoms with Gasteiger partial charge in [0.15, 0.2) is 0 Å². The van der Waals surface area contributed by atoms with Gasteiger partial charge in [0, 0.05) is 0 Å². The minimum atomic E-state index is 0.629. The van der Waals surface area contributed by atoms with E-state index in [4.69, 9.17) is 9.94 Å². The number of hydrogen-bond donors (Lipinski definition) is 2. The van der Waals surface area contributed by atoms with Crippen LogP contribution < -0.4 is 10.2 Å². The minimum Gasteiger partial charge on any atom is -0.493 e. The van der Waals surface area contributed by atoms with Gasteiger partial charge in [-0.1, -0.05) is 6.08 Å². The molecule has 4 nitrogen and oxygen atoms in total. The molecular formula is C11H14N2O2. The van der Waals surface area contributed by atoms with Crippen molar-refractivity contribution < 1.29 is 9.94 Å². The van der Waals surface area contributed by atoms with Crippen LogP contribution in [0.1, 0.15) is 6.42 Å². The lowest BCUT2D eigenvalue weighted by Crippen LogP contribution is -2.00. The Labute approximate surface area is 88.9 Å². The molecule has 0 saturated heterocycles. The Kier molecular flexibility index (Phi) is 4.97. The molecule has 1 aromatic carbocycles. The van der Waals surface area contributed by atoms with E-state index in [-0.39, 0.29) is 0 Å². The molecule has 0 radical (unpaired) electrons. The van der Waals surface area contributed by atoms with Gasteiger partial charge in [0.25, 0.3) is 0 Å². The molecule has 0 atom stereocenters. The monoisotopic (exact) mass is 206 g/mol. The molecule has 0 amide bonds. The van der Waals surface area contributed by atoms with Gasteiger partial charge in [-0.05, 0) is 30.7 Å². The Balaban J connectivity index is 2.48. The molecule has 4 heteroatoms. The van der Waals surface area contributed by atoms with Crippen LogP contribution in [0.25, 0.3) is 0 Å². The van der Waals surface area contributed by atoms with E-state index in [0.29, 0.717) is 6.61 Å². The van der Waals surface area contributed by atoms with Gasteiger partial charge in [-0.15, -0.1) is 6.58 Å². The Hall–Kier alpha value is -1.81. The Morgan fingerprint density at radius 1 is 1.40 bits per heavy atom. The quantitative estimate of drug-likeness (QED) is 0.247. The summed E-state index contributed by atoms with van der Waals surface area (Å²) in [6.07, 6.45) is 3.84. The number of ether oxygens (including phenoxy) is 1. The first kappa shape index (κ1) is 11.3. The van der Waals surface area contributed by atoms with Crippen molar-refractivity contribution in [2.75, 3.05) is 6.61 Å². The van der Waals surface area contributed by atoms with Gasteiger partial charge in [0.05, 0.1) is 12.3 Å². The molecule has 0 heterocycles. The van der Waals surface area contributed by atoms with E-state index in [2.05, 4.69) is 11.6 Å². The second-order valence-electron chi connectivity index (χ2n) is 2.81. The van der Waals surface area contributed by atoms with Crippen molar-refractivity contribution in [3.8, 4) is 5.75 Å². The maximum atomic E-state index is 8.29. The maximum absolute atomic E-state index is 8.29. The molecule has 0 fully saturated rings. The van der Waals surface area contributed by atoms with Gasteiger partial charge < -0.3 is 4.74 Å². The summed E-state index contributed by atoms with van der Waals surface area (Å²) in [6, 6.07) is 7.26. The molecule has 80 valence electrons. The van der Waals surface area contributed by atoms with Crippen molar-refractivity contribution in [2.24, 2.45) is 4.99 Å². The summed E-state index contributed by atoms with van der Waals surface area (Å²) < 4.78 is 5.42. The van der Waals surface area contributed by atoms with Gasteiger partial charge in [-0.3, -0.25) is 10.7 Å². The van der Waals surface area contributed by atoms with Crippen LogP contribution in [0, 0.1) is 0 Å². The zero-order chi connectivity index (χ0) is 10.9. The smallest absolute Gasteiger partial charge is 0.119 e. The zero-order valence-electron chi connectivity index (χ0n) is 8.39. The number of aliphatic imine (C=N–C) groups is 1. The van der Waals surface area contributed by atoms with Crippen LogP contribution in [0.4, 0.5) is 5.69 Å². The molecule has 0 bridgehead atoms. The SMILES string of the molecule is C=CCCOc1ccc(N=CNO)cc1. The zero-order valence-corrected chi connectivity index (χ0v) is 8.39. The standard InChI is InChI=1S/C11H14N2O2/c1-2-3-8-15-11-6-4-10(5-7-11)12-9-13-14/h2,4-7,9,14H,1,3,8H2,(H,12,13). The van der Waals surface area contributed by atoms with E-state index in [9.17, 15) is 0 Å². The van der Waals surface area contributed by atoms with Crippen molar-refractivity contribution >= 4 is 12.0 Å². The van der Waals surface area contributed by atoms with Crippen LogP contribution in [0.15, 0.2) is 41.9 Å². The van der Waals surface area contributed by atoms with Crippen molar-refractivity contribution in [2.45, 2.75) is 6.42 Å². The maximum Gasteiger partial charge on any atom is 0.119 e. The lowest BCUT2D eigenvalue weighted by Gasteiger charge is -2.03. The highest BCUT2D eigenvalue weighted by molar-refractivity contribution is 5.59. The predicted molar refractivity (Wildman–Crippen MR) is 59.8 cm³/mol. The van der Waals surface area contributed by atoms with Crippen LogP contribution >= 0.6 is 0 Å². The van der Waals surface area contributed by atoms with Gasteiger partial charge in [0.1, 0.15) is 12.1 Å². The highest BCUT2D eigenvalue weighted by Gasteiger charge is 1.92. The van der Waals surface area contributed by atoms with Gasteiger partial charge >= 0.3 is 0 Å². The van der Waals surface area contributed by atoms with Gasteiger partial charge in [-0.25, -0.2) is 4.99 Å².